The lowest BCUT2D eigenvalue weighted by Crippen LogP contribution is -2.27. The van der Waals surface area contributed by atoms with Crippen LogP contribution in [-0.2, 0) is 21.3 Å². The van der Waals surface area contributed by atoms with E-state index < -0.39 is 20.7 Å². The van der Waals surface area contributed by atoms with Crippen molar-refractivity contribution in [3.05, 3.63) is 24.0 Å². The summed E-state index contributed by atoms with van der Waals surface area (Å²) in [6.45, 7) is 0.615. The summed E-state index contributed by atoms with van der Waals surface area (Å²) in [7, 11) is -4.03. The Balaban J connectivity index is 1.75. The SMILES string of the molecule is O=S(=O)(NCCO)c1ccc(-c2nnn(CC3CCCCO3)n2)cc1F. The molecule has 1 aromatic heterocycles. The fourth-order valence-corrected chi connectivity index (χ4v) is 3.76. The highest BCUT2D eigenvalue weighted by Gasteiger charge is 2.21. The van der Waals surface area contributed by atoms with E-state index in [4.69, 9.17) is 9.84 Å². The molecule has 2 aromatic rings. The van der Waals surface area contributed by atoms with Gasteiger partial charge in [-0.15, -0.1) is 10.2 Å². The first-order chi connectivity index (χ1) is 12.5. The van der Waals surface area contributed by atoms with Gasteiger partial charge in [-0.25, -0.2) is 17.5 Å². The van der Waals surface area contributed by atoms with Crippen LogP contribution in [0.2, 0.25) is 0 Å². The molecule has 0 spiro atoms. The minimum absolute atomic E-state index is 0.0349. The van der Waals surface area contributed by atoms with Crippen molar-refractivity contribution in [2.24, 2.45) is 0 Å². The van der Waals surface area contributed by atoms with Crippen LogP contribution in [0, 0.1) is 5.82 Å². The third-order valence-electron chi connectivity index (χ3n) is 3.98. The minimum atomic E-state index is -4.03. The Morgan fingerprint density at radius 3 is 2.92 bits per heavy atom. The Hall–Kier alpha value is -1.95. The predicted molar refractivity (Wildman–Crippen MR) is 89.1 cm³/mol. The highest BCUT2D eigenvalue weighted by atomic mass is 32.2. The normalized spacial score (nSPS) is 18.2. The number of ether oxygens (including phenoxy) is 1. The third kappa shape index (κ3) is 4.41. The number of nitrogens with one attached hydrogen (secondary N) is 1. The van der Waals surface area contributed by atoms with Gasteiger partial charge in [0.05, 0.1) is 19.3 Å². The van der Waals surface area contributed by atoms with Gasteiger partial charge in [0, 0.05) is 18.7 Å². The molecule has 1 fully saturated rings. The Bertz CT molecular complexity index is 851. The summed E-state index contributed by atoms with van der Waals surface area (Å²) in [5.74, 6) is -0.730. The van der Waals surface area contributed by atoms with Gasteiger partial charge in [-0.3, -0.25) is 0 Å². The maximum absolute atomic E-state index is 14.3. The van der Waals surface area contributed by atoms with Crippen molar-refractivity contribution < 1.29 is 22.7 Å². The van der Waals surface area contributed by atoms with Gasteiger partial charge in [-0.1, -0.05) is 0 Å². The first kappa shape index (κ1) is 18.8. The molecule has 0 saturated carbocycles. The highest BCUT2D eigenvalue weighted by Crippen LogP contribution is 2.21. The fraction of sp³-hybridized carbons (Fsp3) is 0.533. The van der Waals surface area contributed by atoms with E-state index in [0.717, 1.165) is 38.0 Å². The summed E-state index contributed by atoms with van der Waals surface area (Å²) >= 11 is 0. The van der Waals surface area contributed by atoms with Crippen LogP contribution in [0.5, 0.6) is 0 Å². The van der Waals surface area contributed by atoms with Gasteiger partial charge < -0.3 is 9.84 Å². The van der Waals surface area contributed by atoms with E-state index in [0.29, 0.717) is 12.1 Å². The average molecular weight is 385 g/mol. The fourth-order valence-electron chi connectivity index (χ4n) is 2.69. The number of halogens is 1. The van der Waals surface area contributed by atoms with E-state index in [-0.39, 0.29) is 25.1 Å². The molecule has 3 rings (SSSR count). The molecule has 0 aliphatic carbocycles. The third-order valence-corrected chi connectivity index (χ3v) is 5.47. The second kappa shape index (κ2) is 8.16. The monoisotopic (exact) mass is 385 g/mol. The van der Waals surface area contributed by atoms with E-state index >= 15 is 0 Å². The van der Waals surface area contributed by atoms with Gasteiger partial charge in [-0.2, -0.15) is 4.80 Å². The molecule has 26 heavy (non-hydrogen) atoms. The van der Waals surface area contributed by atoms with Crippen molar-refractivity contribution in [1.29, 1.82) is 0 Å². The topological polar surface area (TPSA) is 119 Å². The van der Waals surface area contributed by atoms with Gasteiger partial charge >= 0.3 is 0 Å². The summed E-state index contributed by atoms with van der Waals surface area (Å²) < 4.78 is 45.9. The van der Waals surface area contributed by atoms with Gasteiger partial charge in [0.25, 0.3) is 0 Å². The second-order valence-electron chi connectivity index (χ2n) is 5.92. The zero-order chi connectivity index (χ0) is 18.6. The summed E-state index contributed by atoms with van der Waals surface area (Å²) in [6, 6.07) is 3.59. The molecule has 11 heteroatoms. The average Bonchev–Trinajstić information content (AvgIpc) is 3.09. The molecule has 2 N–H and O–H groups in total. The van der Waals surface area contributed by atoms with Gasteiger partial charge in [-0.05, 0) is 42.7 Å². The molecule has 1 atom stereocenters. The van der Waals surface area contributed by atoms with Gasteiger partial charge in [0.1, 0.15) is 10.7 Å². The van der Waals surface area contributed by atoms with Crippen LogP contribution < -0.4 is 4.72 Å². The molecule has 0 bridgehead atoms. The number of benzene rings is 1. The van der Waals surface area contributed by atoms with Crippen LogP contribution in [0.3, 0.4) is 0 Å². The molecule has 0 amide bonds. The van der Waals surface area contributed by atoms with Crippen molar-refractivity contribution in [3.63, 3.8) is 0 Å². The van der Waals surface area contributed by atoms with Gasteiger partial charge in [0.15, 0.2) is 0 Å². The zero-order valence-electron chi connectivity index (χ0n) is 14.0. The summed E-state index contributed by atoms with van der Waals surface area (Å²) in [4.78, 5) is 0.897. The summed E-state index contributed by atoms with van der Waals surface area (Å²) in [5, 5.41) is 20.7. The number of aliphatic hydroxyl groups excluding tert-OH is 1. The Kier molecular flexibility index (Phi) is 5.91. The second-order valence-corrected chi connectivity index (χ2v) is 7.66. The van der Waals surface area contributed by atoms with Crippen molar-refractivity contribution in [2.45, 2.75) is 36.8 Å². The Morgan fingerprint density at radius 1 is 1.38 bits per heavy atom. The first-order valence-electron chi connectivity index (χ1n) is 8.29. The van der Waals surface area contributed by atoms with Gasteiger partial charge in [0.2, 0.25) is 15.8 Å². The van der Waals surface area contributed by atoms with E-state index in [1.807, 2.05) is 0 Å². The van der Waals surface area contributed by atoms with Crippen LogP contribution >= 0.6 is 0 Å². The maximum atomic E-state index is 14.3. The van der Waals surface area contributed by atoms with E-state index in [9.17, 15) is 12.8 Å². The molecule has 0 radical (unpaired) electrons. The molecular weight excluding hydrogens is 365 g/mol. The van der Waals surface area contributed by atoms with Crippen LogP contribution in [0.15, 0.2) is 23.1 Å². The van der Waals surface area contributed by atoms with Crippen LogP contribution in [-0.4, -0.2) is 59.6 Å². The van der Waals surface area contributed by atoms with Crippen LogP contribution in [0.25, 0.3) is 11.4 Å². The highest BCUT2D eigenvalue weighted by molar-refractivity contribution is 7.89. The molecular formula is C15H20FN5O4S. The number of nitrogens with zero attached hydrogens (tertiary/aromatic N) is 4. The predicted octanol–water partition coefficient (Wildman–Crippen LogP) is 0.319. The number of rotatable bonds is 7. The van der Waals surface area contributed by atoms with E-state index in [1.54, 1.807) is 0 Å². The zero-order valence-corrected chi connectivity index (χ0v) is 14.8. The van der Waals surface area contributed by atoms with Crippen LogP contribution in [0.4, 0.5) is 4.39 Å². The number of sulfonamides is 1. The smallest absolute Gasteiger partial charge is 0.243 e. The van der Waals surface area contributed by atoms with Crippen LogP contribution in [0.1, 0.15) is 19.3 Å². The molecule has 1 aromatic carbocycles. The number of aromatic nitrogens is 4. The lowest BCUT2D eigenvalue weighted by Gasteiger charge is -2.21. The van der Waals surface area contributed by atoms with Crippen molar-refractivity contribution >= 4 is 10.0 Å². The number of hydrogen-bond acceptors (Lipinski definition) is 7. The largest absolute Gasteiger partial charge is 0.395 e. The molecule has 142 valence electrons. The first-order valence-corrected chi connectivity index (χ1v) is 9.78. The Labute approximate surface area is 150 Å². The molecule has 2 heterocycles. The number of hydrogen-bond donors (Lipinski definition) is 2. The molecule has 1 saturated heterocycles. The Morgan fingerprint density at radius 2 is 2.23 bits per heavy atom. The molecule has 1 unspecified atom stereocenters. The van der Waals surface area contributed by atoms with Crippen molar-refractivity contribution in [2.75, 3.05) is 19.8 Å². The maximum Gasteiger partial charge on any atom is 0.243 e. The lowest BCUT2D eigenvalue weighted by molar-refractivity contribution is 0.00133. The number of aliphatic hydroxyl groups is 1. The molecule has 9 nitrogen and oxygen atoms in total. The summed E-state index contributed by atoms with van der Waals surface area (Å²) in [6.07, 6.45) is 3.11. The molecule has 1 aliphatic rings. The molecule has 1 aliphatic heterocycles. The summed E-state index contributed by atoms with van der Waals surface area (Å²) in [5.41, 5.74) is 0.319. The number of tetrazole rings is 1. The van der Waals surface area contributed by atoms with Crippen molar-refractivity contribution in [1.82, 2.24) is 24.9 Å². The van der Waals surface area contributed by atoms with Crippen molar-refractivity contribution in [3.8, 4) is 11.4 Å². The lowest BCUT2D eigenvalue weighted by atomic mass is 10.1. The quantitative estimate of drug-likeness (QED) is 0.704. The van der Waals surface area contributed by atoms with E-state index in [1.165, 1.54) is 10.9 Å². The minimum Gasteiger partial charge on any atom is -0.395 e. The van der Waals surface area contributed by atoms with E-state index in [2.05, 4.69) is 20.1 Å². The standard InChI is InChI=1S/C15H20FN5O4S/c16-13-9-11(4-5-14(13)26(23,24)17-6-7-22)15-18-20-21(19-15)10-12-3-1-2-8-25-12/h4-5,9,12,17,22H,1-3,6-8,10H2.